The van der Waals surface area contributed by atoms with E-state index in [1.54, 1.807) is 4.90 Å². The topological polar surface area (TPSA) is 58.2 Å². The average molecular weight is 371 g/mol. The van der Waals surface area contributed by atoms with E-state index in [1.807, 2.05) is 24.3 Å². The lowest BCUT2D eigenvalue weighted by molar-refractivity contribution is -0.0498. The van der Waals surface area contributed by atoms with Crippen molar-refractivity contribution in [2.75, 3.05) is 13.1 Å². The zero-order valence-electron chi connectivity index (χ0n) is 14.6. The Bertz CT molecular complexity index is 899. The Kier molecular flexibility index (Phi) is 4.75. The van der Waals surface area contributed by atoms with Crippen LogP contribution in [0.4, 0.5) is 8.78 Å². The molecule has 0 spiro atoms. The molecule has 3 aromatic rings. The Balaban J connectivity index is 1.39. The number of imidazole rings is 1. The second-order valence-electron chi connectivity index (χ2n) is 6.61. The number of rotatable bonds is 4. The molecule has 4 rings (SSSR count). The monoisotopic (exact) mass is 371 g/mol. The highest BCUT2D eigenvalue weighted by molar-refractivity contribution is 5.94. The Morgan fingerprint density at radius 1 is 1.11 bits per heavy atom. The van der Waals surface area contributed by atoms with Crippen LogP contribution < -0.4 is 4.74 Å². The number of likely N-dealkylation sites (tertiary alicyclic amines) is 1. The van der Waals surface area contributed by atoms with Gasteiger partial charge in [0.2, 0.25) is 0 Å². The number of fused-ring (bicyclic) bond motifs is 1. The van der Waals surface area contributed by atoms with E-state index < -0.39 is 6.61 Å². The number of ether oxygens (including phenoxy) is 1. The van der Waals surface area contributed by atoms with E-state index >= 15 is 0 Å². The first-order chi connectivity index (χ1) is 13.1. The largest absolute Gasteiger partial charge is 0.435 e. The number of nitrogens with one attached hydrogen (secondary N) is 1. The summed E-state index contributed by atoms with van der Waals surface area (Å²) in [7, 11) is 0. The van der Waals surface area contributed by atoms with E-state index in [9.17, 15) is 13.6 Å². The van der Waals surface area contributed by atoms with Crippen LogP contribution in [-0.4, -0.2) is 40.5 Å². The molecule has 140 valence electrons. The van der Waals surface area contributed by atoms with Crippen LogP contribution in [0.1, 0.15) is 34.9 Å². The minimum absolute atomic E-state index is 0.0464. The van der Waals surface area contributed by atoms with Gasteiger partial charge in [-0.15, -0.1) is 0 Å². The van der Waals surface area contributed by atoms with Gasteiger partial charge in [0.15, 0.2) is 0 Å². The van der Waals surface area contributed by atoms with E-state index in [-0.39, 0.29) is 11.7 Å². The first-order valence-electron chi connectivity index (χ1n) is 8.89. The highest BCUT2D eigenvalue weighted by Crippen LogP contribution is 2.28. The van der Waals surface area contributed by atoms with Gasteiger partial charge < -0.3 is 14.6 Å². The molecule has 1 fully saturated rings. The molecule has 1 aliphatic rings. The van der Waals surface area contributed by atoms with Crippen molar-refractivity contribution in [3.63, 3.8) is 0 Å². The maximum absolute atomic E-state index is 12.6. The molecular formula is C20H19F2N3O2. The number of hydrogen-bond donors (Lipinski definition) is 1. The minimum atomic E-state index is -2.87. The predicted octanol–water partition coefficient (Wildman–Crippen LogP) is 4.18. The maximum atomic E-state index is 12.6. The highest BCUT2D eigenvalue weighted by atomic mass is 19.3. The number of amides is 1. The van der Waals surface area contributed by atoms with Crippen molar-refractivity contribution in [1.29, 1.82) is 0 Å². The zero-order valence-corrected chi connectivity index (χ0v) is 14.6. The fourth-order valence-electron chi connectivity index (χ4n) is 3.48. The molecule has 1 aromatic heterocycles. The Labute approximate surface area is 155 Å². The van der Waals surface area contributed by atoms with Crippen molar-refractivity contribution in [3.05, 3.63) is 59.9 Å². The number of para-hydroxylation sites is 2. The molecule has 2 heterocycles. The second-order valence-corrected chi connectivity index (χ2v) is 6.61. The molecule has 7 heteroatoms. The van der Waals surface area contributed by atoms with Crippen molar-refractivity contribution in [2.24, 2.45) is 0 Å². The van der Waals surface area contributed by atoms with Crippen molar-refractivity contribution in [3.8, 4) is 5.75 Å². The lowest BCUT2D eigenvalue weighted by atomic mass is 9.95. The van der Waals surface area contributed by atoms with Gasteiger partial charge in [0, 0.05) is 24.6 Å². The Morgan fingerprint density at radius 2 is 1.81 bits per heavy atom. The number of halogens is 2. The SMILES string of the molecule is O=C(c1ccc(OC(F)F)cc1)N1CCC(c2nc3ccccc3[nH]2)CC1. The third-order valence-electron chi connectivity index (χ3n) is 4.90. The molecule has 0 atom stereocenters. The highest BCUT2D eigenvalue weighted by Gasteiger charge is 2.26. The third-order valence-corrected chi connectivity index (χ3v) is 4.90. The van der Waals surface area contributed by atoms with Gasteiger partial charge in [0.25, 0.3) is 5.91 Å². The predicted molar refractivity (Wildman–Crippen MR) is 97.0 cm³/mol. The molecule has 0 unspecified atom stereocenters. The molecule has 0 aliphatic carbocycles. The van der Waals surface area contributed by atoms with Gasteiger partial charge in [-0.05, 0) is 49.2 Å². The third kappa shape index (κ3) is 3.77. The number of hydrogen-bond acceptors (Lipinski definition) is 3. The summed E-state index contributed by atoms with van der Waals surface area (Å²) in [6, 6.07) is 13.7. The van der Waals surface area contributed by atoms with Crippen LogP contribution in [0.3, 0.4) is 0 Å². The molecule has 0 radical (unpaired) electrons. The van der Waals surface area contributed by atoms with Gasteiger partial charge >= 0.3 is 6.61 Å². The molecule has 0 saturated carbocycles. The van der Waals surface area contributed by atoms with Crippen molar-refractivity contribution in [1.82, 2.24) is 14.9 Å². The number of nitrogens with zero attached hydrogens (tertiary/aromatic N) is 2. The van der Waals surface area contributed by atoms with Gasteiger partial charge in [-0.3, -0.25) is 4.79 Å². The van der Waals surface area contributed by atoms with Crippen LogP contribution >= 0.6 is 0 Å². The number of aromatic nitrogens is 2. The van der Waals surface area contributed by atoms with E-state index in [0.29, 0.717) is 24.6 Å². The Morgan fingerprint density at radius 3 is 2.48 bits per heavy atom. The van der Waals surface area contributed by atoms with Crippen molar-refractivity contribution >= 4 is 16.9 Å². The summed E-state index contributed by atoms with van der Waals surface area (Å²) in [5.41, 5.74) is 2.45. The molecule has 27 heavy (non-hydrogen) atoms. The van der Waals surface area contributed by atoms with Crippen LogP contribution in [-0.2, 0) is 0 Å². The lowest BCUT2D eigenvalue weighted by Crippen LogP contribution is -2.38. The first kappa shape index (κ1) is 17.5. The molecule has 5 nitrogen and oxygen atoms in total. The minimum Gasteiger partial charge on any atom is -0.435 e. The normalized spacial score (nSPS) is 15.4. The molecule has 0 bridgehead atoms. The number of carbonyl (C=O) groups excluding carboxylic acids is 1. The van der Waals surface area contributed by atoms with E-state index in [0.717, 1.165) is 29.7 Å². The van der Waals surface area contributed by atoms with Gasteiger partial charge in [-0.25, -0.2) is 4.98 Å². The lowest BCUT2D eigenvalue weighted by Gasteiger charge is -2.31. The first-order valence-corrected chi connectivity index (χ1v) is 8.89. The summed E-state index contributed by atoms with van der Waals surface area (Å²) in [6.07, 6.45) is 1.66. The molecule has 1 aliphatic heterocycles. The smallest absolute Gasteiger partial charge is 0.387 e. The standard InChI is InChI=1S/C20H19F2N3O2/c21-20(22)27-15-7-5-14(6-8-15)19(26)25-11-9-13(10-12-25)18-23-16-3-1-2-4-17(16)24-18/h1-8,13,20H,9-12H2,(H,23,24). The summed E-state index contributed by atoms with van der Waals surface area (Å²) >= 11 is 0. The van der Waals surface area contributed by atoms with Crippen LogP contribution in [0, 0.1) is 0 Å². The van der Waals surface area contributed by atoms with Gasteiger partial charge in [0.1, 0.15) is 11.6 Å². The number of aromatic amines is 1. The second kappa shape index (κ2) is 7.34. The maximum Gasteiger partial charge on any atom is 0.387 e. The summed E-state index contributed by atoms with van der Waals surface area (Å²) < 4.78 is 28.7. The fraction of sp³-hybridized carbons (Fsp3) is 0.300. The number of piperidine rings is 1. The molecule has 1 amide bonds. The number of carbonyl (C=O) groups is 1. The summed E-state index contributed by atoms with van der Waals surface area (Å²) in [4.78, 5) is 22.5. The summed E-state index contributed by atoms with van der Waals surface area (Å²) in [5.74, 6) is 1.21. The molecule has 1 saturated heterocycles. The average Bonchev–Trinajstić information content (AvgIpc) is 3.12. The van der Waals surface area contributed by atoms with E-state index in [4.69, 9.17) is 0 Å². The van der Waals surface area contributed by atoms with Gasteiger partial charge in [0.05, 0.1) is 11.0 Å². The fourth-order valence-corrected chi connectivity index (χ4v) is 3.48. The Hall–Kier alpha value is -2.96. The van der Waals surface area contributed by atoms with E-state index in [1.165, 1.54) is 24.3 Å². The van der Waals surface area contributed by atoms with Crippen LogP contribution in [0.25, 0.3) is 11.0 Å². The van der Waals surface area contributed by atoms with Crippen LogP contribution in [0.15, 0.2) is 48.5 Å². The van der Waals surface area contributed by atoms with Crippen LogP contribution in [0.2, 0.25) is 0 Å². The van der Waals surface area contributed by atoms with Crippen LogP contribution in [0.5, 0.6) is 5.75 Å². The molecule has 2 aromatic carbocycles. The van der Waals surface area contributed by atoms with Crippen molar-refractivity contribution < 1.29 is 18.3 Å². The van der Waals surface area contributed by atoms with Crippen molar-refractivity contribution in [2.45, 2.75) is 25.4 Å². The summed E-state index contributed by atoms with van der Waals surface area (Å²) in [6.45, 7) is -1.60. The summed E-state index contributed by atoms with van der Waals surface area (Å²) in [5, 5.41) is 0. The number of benzene rings is 2. The quantitative estimate of drug-likeness (QED) is 0.748. The molecule has 1 N–H and O–H groups in total. The van der Waals surface area contributed by atoms with Gasteiger partial charge in [-0.1, -0.05) is 12.1 Å². The van der Waals surface area contributed by atoms with Gasteiger partial charge in [-0.2, -0.15) is 8.78 Å². The molecular weight excluding hydrogens is 352 g/mol. The number of alkyl halides is 2. The number of H-pyrrole nitrogens is 1. The zero-order chi connectivity index (χ0) is 18.8. The van der Waals surface area contributed by atoms with E-state index in [2.05, 4.69) is 14.7 Å².